The maximum atomic E-state index is 5.24. The standard InChI is InChI=1S/C15H18N2OS/c1-11-17-15(9-18-11)13-2-4-14(5-3-13)16-8-12-6-7-19-10-12/h2-5,9,12,16H,6-8,10H2,1H3. The van der Waals surface area contributed by atoms with E-state index in [9.17, 15) is 0 Å². The van der Waals surface area contributed by atoms with Crippen molar-refractivity contribution in [3.8, 4) is 11.3 Å². The molecule has 4 heteroatoms. The molecule has 1 unspecified atom stereocenters. The second kappa shape index (κ2) is 5.70. The van der Waals surface area contributed by atoms with Gasteiger partial charge in [-0.15, -0.1) is 0 Å². The van der Waals surface area contributed by atoms with E-state index in [-0.39, 0.29) is 0 Å². The van der Waals surface area contributed by atoms with Gasteiger partial charge in [0.1, 0.15) is 12.0 Å². The lowest BCUT2D eigenvalue weighted by molar-refractivity contribution is 0.521. The SMILES string of the molecule is Cc1nc(-c2ccc(NCC3CCSC3)cc2)co1. The average molecular weight is 274 g/mol. The number of anilines is 1. The Morgan fingerprint density at radius 3 is 2.84 bits per heavy atom. The van der Waals surface area contributed by atoms with E-state index in [4.69, 9.17) is 4.42 Å². The van der Waals surface area contributed by atoms with E-state index >= 15 is 0 Å². The van der Waals surface area contributed by atoms with Crippen LogP contribution in [-0.4, -0.2) is 23.0 Å². The first-order valence-corrected chi connectivity index (χ1v) is 7.81. The molecule has 0 spiro atoms. The molecule has 100 valence electrons. The summed E-state index contributed by atoms with van der Waals surface area (Å²) in [5.74, 6) is 4.14. The summed E-state index contributed by atoms with van der Waals surface area (Å²) in [6.45, 7) is 2.94. The van der Waals surface area contributed by atoms with Gasteiger partial charge in [0.05, 0.1) is 0 Å². The first-order valence-electron chi connectivity index (χ1n) is 6.65. The highest BCUT2D eigenvalue weighted by Gasteiger charge is 2.14. The number of thioether (sulfide) groups is 1. The van der Waals surface area contributed by atoms with Crippen LogP contribution in [0.5, 0.6) is 0 Å². The lowest BCUT2D eigenvalue weighted by Gasteiger charge is -2.11. The first-order chi connectivity index (χ1) is 9.31. The number of benzene rings is 1. The smallest absolute Gasteiger partial charge is 0.191 e. The van der Waals surface area contributed by atoms with Crippen molar-refractivity contribution in [3.05, 3.63) is 36.4 Å². The molecule has 1 aliphatic rings. The van der Waals surface area contributed by atoms with Crippen molar-refractivity contribution in [1.82, 2.24) is 4.98 Å². The minimum absolute atomic E-state index is 0.705. The molecular formula is C15H18N2OS. The quantitative estimate of drug-likeness (QED) is 0.920. The fourth-order valence-corrected chi connectivity index (χ4v) is 3.55. The number of hydrogen-bond donors (Lipinski definition) is 1. The van der Waals surface area contributed by atoms with Crippen LogP contribution in [0.1, 0.15) is 12.3 Å². The Kier molecular flexibility index (Phi) is 3.78. The molecule has 1 aromatic heterocycles. The third kappa shape index (κ3) is 3.13. The van der Waals surface area contributed by atoms with E-state index in [0.717, 1.165) is 23.7 Å². The molecule has 0 aliphatic carbocycles. The largest absolute Gasteiger partial charge is 0.449 e. The summed E-state index contributed by atoms with van der Waals surface area (Å²) in [6.07, 6.45) is 3.04. The van der Waals surface area contributed by atoms with Crippen LogP contribution in [0.4, 0.5) is 5.69 Å². The fraction of sp³-hybridized carbons (Fsp3) is 0.400. The van der Waals surface area contributed by atoms with Crippen molar-refractivity contribution in [2.75, 3.05) is 23.4 Å². The van der Waals surface area contributed by atoms with Crippen molar-refractivity contribution >= 4 is 17.4 Å². The highest BCUT2D eigenvalue weighted by Crippen LogP contribution is 2.24. The molecule has 2 aromatic rings. The highest BCUT2D eigenvalue weighted by atomic mass is 32.2. The lowest BCUT2D eigenvalue weighted by Crippen LogP contribution is -2.13. The van der Waals surface area contributed by atoms with Gasteiger partial charge in [0.2, 0.25) is 0 Å². The van der Waals surface area contributed by atoms with Crippen LogP contribution in [0, 0.1) is 12.8 Å². The molecule has 0 saturated carbocycles. The number of nitrogens with one attached hydrogen (secondary N) is 1. The Morgan fingerprint density at radius 2 is 2.21 bits per heavy atom. The summed E-state index contributed by atoms with van der Waals surface area (Å²) in [4.78, 5) is 4.33. The molecule has 0 bridgehead atoms. The van der Waals surface area contributed by atoms with Crippen LogP contribution in [0.15, 0.2) is 34.9 Å². The van der Waals surface area contributed by atoms with E-state index in [1.807, 2.05) is 6.92 Å². The average Bonchev–Trinajstić information content (AvgIpc) is 3.08. The number of rotatable bonds is 4. The van der Waals surface area contributed by atoms with Gasteiger partial charge in [-0.25, -0.2) is 4.98 Å². The van der Waals surface area contributed by atoms with Crippen molar-refractivity contribution in [2.45, 2.75) is 13.3 Å². The third-order valence-corrected chi connectivity index (χ3v) is 4.65. The van der Waals surface area contributed by atoms with Crippen LogP contribution in [0.2, 0.25) is 0 Å². The topological polar surface area (TPSA) is 38.1 Å². The van der Waals surface area contributed by atoms with Gasteiger partial charge < -0.3 is 9.73 Å². The number of aromatic nitrogens is 1. The second-order valence-electron chi connectivity index (χ2n) is 4.94. The number of nitrogens with zero attached hydrogens (tertiary/aromatic N) is 1. The van der Waals surface area contributed by atoms with E-state index in [1.54, 1.807) is 6.26 Å². The fourth-order valence-electron chi connectivity index (χ4n) is 2.26. The second-order valence-corrected chi connectivity index (χ2v) is 6.09. The van der Waals surface area contributed by atoms with E-state index in [2.05, 4.69) is 46.3 Å². The predicted octanol–water partition coefficient (Wildman–Crippen LogP) is 3.82. The van der Waals surface area contributed by atoms with Crippen molar-refractivity contribution in [1.29, 1.82) is 0 Å². The van der Waals surface area contributed by atoms with Crippen LogP contribution in [0.3, 0.4) is 0 Å². The normalized spacial score (nSPS) is 18.7. The maximum Gasteiger partial charge on any atom is 0.191 e. The van der Waals surface area contributed by atoms with Crippen LogP contribution in [-0.2, 0) is 0 Å². The monoisotopic (exact) mass is 274 g/mol. The first kappa shape index (κ1) is 12.6. The van der Waals surface area contributed by atoms with Gasteiger partial charge in [-0.05, 0) is 36.0 Å². The zero-order chi connectivity index (χ0) is 13.1. The Balaban J connectivity index is 1.62. The summed E-state index contributed by atoms with van der Waals surface area (Å²) in [7, 11) is 0. The van der Waals surface area contributed by atoms with Gasteiger partial charge in [0.15, 0.2) is 5.89 Å². The zero-order valence-electron chi connectivity index (χ0n) is 11.1. The lowest BCUT2D eigenvalue weighted by atomic mass is 10.1. The molecule has 19 heavy (non-hydrogen) atoms. The molecule has 1 saturated heterocycles. The van der Waals surface area contributed by atoms with Crippen LogP contribution in [0.25, 0.3) is 11.3 Å². The van der Waals surface area contributed by atoms with Crippen LogP contribution >= 0.6 is 11.8 Å². The Bertz CT molecular complexity index is 529. The molecule has 0 amide bonds. The molecule has 1 N–H and O–H groups in total. The van der Waals surface area contributed by atoms with E-state index < -0.39 is 0 Å². The van der Waals surface area contributed by atoms with Gasteiger partial charge in [0, 0.05) is 24.7 Å². The highest BCUT2D eigenvalue weighted by molar-refractivity contribution is 7.99. The Labute approximate surface area is 117 Å². The molecule has 3 nitrogen and oxygen atoms in total. The number of oxazole rings is 1. The van der Waals surface area contributed by atoms with Gasteiger partial charge >= 0.3 is 0 Å². The van der Waals surface area contributed by atoms with E-state index in [0.29, 0.717) is 5.89 Å². The summed E-state index contributed by atoms with van der Waals surface area (Å²) in [6, 6.07) is 8.40. The van der Waals surface area contributed by atoms with Gasteiger partial charge in [-0.3, -0.25) is 0 Å². The summed E-state index contributed by atoms with van der Waals surface area (Å²) in [5.41, 5.74) is 3.18. The Hall–Kier alpha value is -1.42. The Morgan fingerprint density at radius 1 is 1.37 bits per heavy atom. The van der Waals surface area contributed by atoms with Gasteiger partial charge in [-0.1, -0.05) is 12.1 Å². The third-order valence-electron chi connectivity index (χ3n) is 3.42. The zero-order valence-corrected chi connectivity index (χ0v) is 11.9. The molecule has 1 atom stereocenters. The predicted molar refractivity (Wildman–Crippen MR) is 80.6 cm³/mol. The minimum atomic E-state index is 0.705. The van der Waals surface area contributed by atoms with Crippen LogP contribution < -0.4 is 5.32 Å². The van der Waals surface area contributed by atoms with Gasteiger partial charge in [0.25, 0.3) is 0 Å². The molecule has 0 radical (unpaired) electrons. The molecule has 1 aliphatic heterocycles. The van der Waals surface area contributed by atoms with Crippen molar-refractivity contribution < 1.29 is 4.42 Å². The summed E-state index contributed by atoms with van der Waals surface area (Å²) in [5, 5.41) is 3.51. The van der Waals surface area contributed by atoms with Crippen molar-refractivity contribution in [3.63, 3.8) is 0 Å². The molecular weight excluding hydrogens is 256 g/mol. The summed E-state index contributed by atoms with van der Waals surface area (Å²) < 4.78 is 5.24. The summed E-state index contributed by atoms with van der Waals surface area (Å²) >= 11 is 2.06. The van der Waals surface area contributed by atoms with E-state index in [1.165, 1.54) is 23.6 Å². The number of hydrogen-bond acceptors (Lipinski definition) is 4. The minimum Gasteiger partial charge on any atom is -0.449 e. The molecule has 2 heterocycles. The van der Waals surface area contributed by atoms with Gasteiger partial charge in [-0.2, -0.15) is 11.8 Å². The molecule has 1 fully saturated rings. The molecule has 1 aromatic carbocycles. The number of aryl methyl sites for hydroxylation is 1. The molecule has 3 rings (SSSR count). The maximum absolute atomic E-state index is 5.24. The van der Waals surface area contributed by atoms with Crippen molar-refractivity contribution in [2.24, 2.45) is 5.92 Å².